The lowest BCUT2D eigenvalue weighted by molar-refractivity contribution is -0.727. The van der Waals surface area contributed by atoms with Gasteiger partial charge in [-0.25, -0.2) is 9.59 Å². The van der Waals surface area contributed by atoms with E-state index in [0.29, 0.717) is 18.5 Å². The Morgan fingerprint density at radius 1 is 1.02 bits per heavy atom. The van der Waals surface area contributed by atoms with Crippen LogP contribution in [0.25, 0.3) is 0 Å². The summed E-state index contributed by atoms with van der Waals surface area (Å²) in [6.07, 6.45) is 4.98. The smallest absolute Gasteiger partial charge is 0.414 e. The molecule has 1 fully saturated rings. The number of esters is 2. The minimum Gasteiger partial charge on any atom is -1.00 e. The van der Waals surface area contributed by atoms with E-state index in [1.54, 1.807) is 54.8 Å². The van der Waals surface area contributed by atoms with Gasteiger partial charge in [-0.2, -0.15) is 4.57 Å². The van der Waals surface area contributed by atoms with Crippen molar-refractivity contribution in [3.63, 3.8) is 0 Å². The van der Waals surface area contributed by atoms with E-state index in [9.17, 15) is 19.2 Å². The topological polar surface area (TPSA) is 115 Å². The third-order valence-electron chi connectivity index (χ3n) is 6.85. The van der Waals surface area contributed by atoms with Crippen LogP contribution < -0.4 is 22.3 Å². The lowest BCUT2D eigenvalue weighted by Crippen LogP contribution is -3.00. The molecule has 0 bridgehead atoms. The molecule has 0 radical (unpaired) electrons. The molecule has 1 aliphatic heterocycles. The second-order valence-electron chi connectivity index (χ2n) is 11.5. The number of methoxy groups -OCH3 is 1. The molecule has 3 rings (SSSR count). The van der Waals surface area contributed by atoms with Gasteiger partial charge in [0, 0.05) is 12.6 Å². The number of amides is 2. The zero-order valence-electron chi connectivity index (χ0n) is 25.2. The molecule has 0 spiro atoms. The molecule has 11 heteroatoms. The van der Waals surface area contributed by atoms with Crippen molar-refractivity contribution < 1.29 is 50.4 Å². The van der Waals surface area contributed by atoms with Gasteiger partial charge in [-0.3, -0.25) is 9.59 Å². The molecule has 1 aromatic carbocycles. The molecular formula is C31H42ClN3O7. The van der Waals surface area contributed by atoms with E-state index in [-0.39, 0.29) is 25.1 Å². The molecule has 0 aliphatic carbocycles. The summed E-state index contributed by atoms with van der Waals surface area (Å²) < 4.78 is 17.8. The number of pyridine rings is 1. The first-order valence-electron chi connectivity index (χ1n) is 14.0. The molecular weight excluding hydrogens is 562 g/mol. The largest absolute Gasteiger partial charge is 1.00 e. The fraction of sp³-hybridized carbons (Fsp3) is 0.516. The van der Waals surface area contributed by atoms with Gasteiger partial charge in [0.15, 0.2) is 12.4 Å². The van der Waals surface area contributed by atoms with Crippen molar-refractivity contribution in [2.24, 2.45) is 5.92 Å². The van der Waals surface area contributed by atoms with Gasteiger partial charge in [0.2, 0.25) is 0 Å². The minimum atomic E-state index is -0.823. The zero-order chi connectivity index (χ0) is 30.2. The van der Waals surface area contributed by atoms with Crippen LogP contribution in [0.4, 0.5) is 4.79 Å². The summed E-state index contributed by atoms with van der Waals surface area (Å²) in [6.45, 7) is 9.29. The van der Waals surface area contributed by atoms with Gasteiger partial charge in [-0.15, -0.1) is 0 Å². The molecule has 1 N–H and O–H groups in total. The van der Waals surface area contributed by atoms with Crippen LogP contribution in [0.5, 0.6) is 0 Å². The summed E-state index contributed by atoms with van der Waals surface area (Å²) in [6, 6.07) is 11.3. The van der Waals surface area contributed by atoms with Gasteiger partial charge in [-0.1, -0.05) is 44.2 Å². The predicted molar refractivity (Wildman–Crippen MR) is 151 cm³/mol. The van der Waals surface area contributed by atoms with Gasteiger partial charge in [0.25, 0.3) is 12.6 Å². The first-order chi connectivity index (χ1) is 19.4. The monoisotopic (exact) mass is 603 g/mol. The first-order valence-corrected chi connectivity index (χ1v) is 14.0. The van der Waals surface area contributed by atoms with Crippen molar-refractivity contribution in [2.75, 3.05) is 13.7 Å². The maximum absolute atomic E-state index is 13.3. The highest BCUT2D eigenvalue weighted by Gasteiger charge is 2.39. The normalized spacial score (nSPS) is 16.5. The van der Waals surface area contributed by atoms with Crippen LogP contribution in [-0.2, 0) is 30.5 Å². The molecule has 1 aliphatic rings. The standard InChI is InChI=1S/C31H41N3O7.ClH/c1-21(2)26(29(37)41-31(3,4)5)32-27(35)23-15-12-17-33(19-23)20-40-30(38)34-18-11-10-16-24(34)25(28(36)39-6)22-13-8-7-9-14-22;/h7-9,12-15,17,19,21,24-26H,10-11,16,18,20H2,1-6H3;1H. The van der Waals surface area contributed by atoms with Crippen molar-refractivity contribution >= 4 is 23.9 Å². The number of hydrogen-bond acceptors (Lipinski definition) is 7. The fourth-order valence-corrected chi connectivity index (χ4v) is 4.87. The Labute approximate surface area is 254 Å². The number of ether oxygens (including phenoxy) is 3. The average molecular weight is 604 g/mol. The number of benzene rings is 1. The van der Waals surface area contributed by atoms with Crippen LogP contribution in [0.15, 0.2) is 54.9 Å². The fourth-order valence-electron chi connectivity index (χ4n) is 4.87. The Kier molecular flexibility index (Phi) is 12.8. The van der Waals surface area contributed by atoms with Crippen molar-refractivity contribution in [1.29, 1.82) is 0 Å². The van der Waals surface area contributed by atoms with Crippen molar-refractivity contribution in [1.82, 2.24) is 10.2 Å². The van der Waals surface area contributed by atoms with Crippen LogP contribution in [0.2, 0.25) is 0 Å². The summed E-state index contributed by atoms with van der Waals surface area (Å²) in [5.74, 6) is -2.17. The highest BCUT2D eigenvalue weighted by molar-refractivity contribution is 5.96. The Morgan fingerprint density at radius 3 is 2.33 bits per heavy atom. The summed E-state index contributed by atoms with van der Waals surface area (Å²) in [5.41, 5.74) is 0.395. The number of halogens is 1. The Hall–Kier alpha value is -3.66. The zero-order valence-corrected chi connectivity index (χ0v) is 25.9. The number of piperidine rings is 1. The number of aromatic nitrogens is 1. The maximum Gasteiger partial charge on any atom is 0.414 e. The maximum atomic E-state index is 13.3. The number of carbonyl (C=O) groups excluding carboxylic acids is 4. The Balaban J connectivity index is 0.00000616. The van der Waals surface area contributed by atoms with Gasteiger partial charge >= 0.3 is 18.0 Å². The van der Waals surface area contributed by atoms with Gasteiger partial charge < -0.3 is 36.8 Å². The van der Waals surface area contributed by atoms with Crippen LogP contribution in [0, 0.1) is 5.92 Å². The number of likely N-dealkylation sites (tertiary alicyclic amines) is 1. The molecule has 1 aromatic heterocycles. The average Bonchev–Trinajstić information content (AvgIpc) is 2.94. The van der Waals surface area contributed by atoms with Gasteiger partial charge in [0.05, 0.1) is 13.2 Å². The highest BCUT2D eigenvalue weighted by Crippen LogP contribution is 2.32. The summed E-state index contributed by atoms with van der Waals surface area (Å²) >= 11 is 0. The second-order valence-corrected chi connectivity index (χ2v) is 11.5. The minimum absolute atomic E-state index is 0. The third-order valence-corrected chi connectivity index (χ3v) is 6.85. The predicted octanol–water partition coefficient (Wildman–Crippen LogP) is 0.980. The first kappa shape index (κ1) is 34.5. The van der Waals surface area contributed by atoms with E-state index in [2.05, 4.69) is 5.32 Å². The summed E-state index contributed by atoms with van der Waals surface area (Å²) in [4.78, 5) is 53.4. The van der Waals surface area contributed by atoms with E-state index in [4.69, 9.17) is 14.2 Å². The molecule has 230 valence electrons. The number of nitrogens with zero attached hydrogens (tertiary/aromatic N) is 2. The van der Waals surface area contributed by atoms with Crippen molar-refractivity contribution in [3.05, 3.63) is 66.0 Å². The van der Waals surface area contributed by atoms with Crippen LogP contribution in [0.1, 0.15) is 75.7 Å². The number of hydrogen-bond donors (Lipinski definition) is 1. The van der Waals surface area contributed by atoms with Crippen molar-refractivity contribution in [2.45, 2.75) is 84.2 Å². The number of carbonyl (C=O) groups is 4. The van der Waals surface area contributed by atoms with Gasteiger partial charge in [0.1, 0.15) is 23.1 Å². The molecule has 0 saturated carbocycles. The van der Waals surface area contributed by atoms with E-state index >= 15 is 0 Å². The molecule has 10 nitrogen and oxygen atoms in total. The van der Waals surface area contributed by atoms with E-state index in [1.807, 2.05) is 44.2 Å². The van der Waals surface area contributed by atoms with E-state index in [1.165, 1.54) is 7.11 Å². The molecule has 42 heavy (non-hydrogen) atoms. The summed E-state index contributed by atoms with van der Waals surface area (Å²) in [5, 5.41) is 2.76. The lowest BCUT2D eigenvalue weighted by atomic mass is 9.85. The second kappa shape index (κ2) is 15.5. The van der Waals surface area contributed by atoms with Crippen LogP contribution in [-0.4, -0.2) is 60.2 Å². The summed E-state index contributed by atoms with van der Waals surface area (Å²) in [7, 11) is 1.35. The Morgan fingerprint density at radius 2 is 1.71 bits per heavy atom. The van der Waals surface area contributed by atoms with Crippen LogP contribution >= 0.6 is 0 Å². The van der Waals surface area contributed by atoms with Crippen molar-refractivity contribution in [3.8, 4) is 0 Å². The van der Waals surface area contributed by atoms with Crippen LogP contribution in [0.3, 0.4) is 0 Å². The van der Waals surface area contributed by atoms with E-state index < -0.39 is 47.5 Å². The van der Waals surface area contributed by atoms with Gasteiger partial charge in [-0.05, 0) is 57.6 Å². The number of rotatable bonds is 9. The lowest BCUT2D eigenvalue weighted by Gasteiger charge is -2.38. The molecule has 3 unspecified atom stereocenters. The third kappa shape index (κ3) is 9.44. The molecule has 2 amide bonds. The highest BCUT2D eigenvalue weighted by atomic mass is 35.5. The molecule has 3 atom stereocenters. The molecule has 2 aromatic rings. The molecule has 1 saturated heterocycles. The quantitative estimate of drug-likeness (QED) is 0.258. The SMILES string of the molecule is COC(=O)C(c1ccccc1)C1CCCCN1C(=O)OC[n+]1cccc(C(=O)NC(C(=O)OC(C)(C)C)C(C)C)c1.[Cl-]. The molecule has 2 heterocycles. The Bertz CT molecular complexity index is 1220. The number of nitrogens with one attached hydrogen (secondary N) is 1. The van der Waals surface area contributed by atoms with E-state index in [0.717, 1.165) is 18.4 Å².